The van der Waals surface area contributed by atoms with E-state index in [1.165, 1.54) is 0 Å². The Labute approximate surface area is 51.1 Å². The van der Waals surface area contributed by atoms with Crippen molar-refractivity contribution in [2.75, 3.05) is 0 Å². The fraction of sp³-hybridized carbons (Fsp3) is 1.00. The molecule has 0 aliphatic rings. The third-order valence-corrected chi connectivity index (χ3v) is 1.90. The van der Waals surface area contributed by atoms with Crippen LogP contribution in [0.5, 0.6) is 0 Å². The number of halogens is 1. The lowest BCUT2D eigenvalue weighted by Crippen LogP contribution is -2.23. The summed E-state index contributed by atoms with van der Waals surface area (Å²) in [7, 11) is 0. The lowest BCUT2D eigenvalue weighted by atomic mass is 9.92. The zero-order chi connectivity index (χ0) is 6.78. The molecule has 0 aliphatic heterocycles. The van der Waals surface area contributed by atoms with Crippen LogP contribution in [0.25, 0.3) is 0 Å². The summed E-state index contributed by atoms with van der Waals surface area (Å²) in [5.74, 6) is 0.146. The molecular weight excluding hydrogens is 102 g/mol. The molecule has 0 radical (unpaired) electrons. The third-order valence-electron chi connectivity index (χ3n) is 1.90. The number of alkyl halides is 1. The maximum absolute atomic E-state index is 12.9. The SMILES string of the molecule is CC[C@](C)([18F])C(C)C. The normalized spacial score (nSPS) is 18.8. The zero-order valence-electron chi connectivity index (χ0n) is 6.16. The highest BCUT2D eigenvalue weighted by Crippen LogP contribution is 2.24. The smallest absolute Gasteiger partial charge is 0.110 e. The fourth-order valence-electron chi connectivity index (χ4n) is 0.408. The molecule has 0 aromatic carbocycles. The second-order valence-electron chi connectivity index (χ2n) is 2.79. The van der Waals surface area contributed by atoms with Gasteiger partial charge in [-0.15, -0.1) is 0 Å². The van der Waals surface area contributed by atoms with Gasteiger partial charge in [0.25, 0.3) is 0 Å². The Morgan fingerprint density at radius 2 is 1.88 bits per heavy atom. The van der Waals surface area contributed by atoms with E-state index in [0.29, 0.717) is 6.42 Å². The van der Waals surface area contributed by atoms with Crippen LogP contribution in [0.2, 0.25) is 0 Å². The number of hydrogen-bond acceptors (Lipinski definition) is 0. The van der Waals surface area contributed by atoms with Crippen molar-refractivity contribution < 1.29 is 4.39 Å². The van der Waals surface area contributed by atoms with Crippen LogP contribution < -0.4 is 0 Å². The molecular formula is C7H15F. The predicted molar refractivity (Wildman–Crippen MR) is 34.6 cm³/mol. The maximum atomic E-state index is 12.9. The van der Waals surface area contributed by atoms with Crippen LogP contribution in [0.1, 0.15) is 34.1 Å². The van der Waals surface area contributed by atoms with E-state index in [-0.39, 0.29) is 5.92 Å². The van der Waals surface area contributed by atoms with Crippen LogP contribution in [-0.2, 0) is 0 Å². The molecule has 0 nitrogen and oxygen atoms in total. The van der Waals surface area contributed by atoms with Crippen LogP contribution in [-0.4, -0.2) is 5.67 Å². The lowest BCUT2D eigenvalue weighted by Gasteiger charge is -2.22. The van der Waals surface area contributed by atoms with Gasteiger partial charge in [-0.3, -0.25) is 0 Å². The van der Waals surface area contributed by atoms with Gasteiger partial charge in [0, 0.05) is 0 Å². The van der Waals surface area contributed by atoms with E-state index >= 15 is 0 Å². The molecule has 0 rings (SSSR count). The standard InChI is InChI=1S/C7H15F/c1-5-7(4,8)6(2)3/h6H,5H2,1-4H3/t7-/m0/s1/i8-1. The molecule has 50 valence electrons. The second kappa shape index (κ2) is 2.47. The van der Waals surface area contributed by atoms with Gasteiger partial charge in [-0.25, -0.2) is 4.39 Å². The molecule has 0 saturated carbocycles. The Bertz CT molecular complexity index is 64.8. The molecule has 0 saturated heterocycles. The van der Waals surface area contributed by atoms with Gasteiger partial charge < -0.3 is 0 Å². The molecule has 0 spiro atoms. The monoisotopic (exact) mass is 117 g/mol. The van der Waals surface area contributed by atoms with Crippen molar-refractivity contribution >= 4 is 0 Å². The summed E-state index contributed by atoms with van der Waals surface area (Å²) in [4.78, 5) is 0. The van der Waals surface area contributed by atoms with E-state index < -0.39 is 5.67 Å². The maximum Gasteiger partial charge on any atom is 0.110 e. The highest BCUT2D eigenvalue weighted by Gasteiger charge is 2.24. The van der Waals surface area contributed by atoms with E-state index in [0.717, 1.165) is 0 Å². The van der Waals surface area contributed by atoms with Crippen LogP contribution in [0.4, 0.5) is 4.39 Å². The van der Waals surface area contributed by atoms with Gasteiger partial charge in [0.1, 0.15) is 5.67 Å². The lowest BCUT2D eigenvalue weighted by molar-refractivity contribution is 0.118. The molecule has 0 unspecified atom stereocenters. The highest BCUT2D eigenvalue weighted by molar-refractivity contribution is 4.73. The van der Waals surface area contributed by atoms with Crippen molar-refractivity contribution in [2.24, 2.45) is 5.92 Å². The minimum absolute atomic E-state index is 0.146. The first-order valence-electron chi connectivity index (χ1n) is 3.19. The molecule has 0 aliphatic carbocycles. The minimum Gasteiger partial charge on any atom is -0.244 e. The van der Waals surface area contributed by atoms with Gasteiger partial charge >= 0.3 is 0 Å². The van der Waals surface area contributed by atoms with E-state index in [1.54, 1.807) is 6.92 Å². The van der Waals surface area contributed by atoms with Crippen LogP contribution in [0.15, 0.2) is 0 Å². The Morgan fingerprint density at radius 3 is 1.88 bits per heavy atom. The second-order valence-corrected chi connectivity index (χ2v) is 2.79. The Kier molecular flexibility index (Phi) is 2.45. The molecule has 0 aromatic rings. The summed E-state index contributed by atoms with van der Waals surface area (Å²) in [6, 6.07) is 0. The topological polar surface area (TPSA) is 0 Å². The predicted octanol–water partition coefficient (Wildman–Crippen LogP) is 2.78. The van der Waals surface area contributed by atoms with Crippen molar-refractivity contribution in [3.63, 3.8) is 0 Å². The molecule has 0 N–H and O–H groups in total. The van der Waals surface area contributed by atoms with Crippen molar-refractivity contribution in [3.8, 4) is 0 Å². The molecule has 0 heterocycles. The fourth-order valence-corrected chi connectivity index (χ4v) is 0.408. The van der Waals surface area contributed by atoms with E-state index in [4.69, 9.17) is 0 Å². The molecule has 0 bridgehead atoms. The minimum atomic E-state index is -0.958. The van der Waals surface area contributed by atoms with Gasteiger partial charge in [-0.05, 0) is 19.3 Å². The molecule has 1 atom stereocenters. The summed E-state index contributed by atoms with van der Waals surface area (Å²) < 4.78 is 12.9. The Morgan fingerprint density at radius 1 is 1.50 bits per heavy atom. The van der Waals surface area contributed by atoms with E-state index in [9.17, 15) is 4.39 Å². The first kappa shape index (κ1) is 7.93. The van der Waals surface area contributed by atoms with Crippen molar-refractivity contribution in [3.05, 3.63) is 0 Å². The summed E-state index contributed by atoms with van der Waals surface area (Å²) in [5, 5.41) is 0. The Hall–Kier alpha value is -0.0700. The molecule has 0 aromatic heterocycles. The van der Waals surface area contributed by atoms with Gasteiger partial charge in [0.15, 0.2) is 0 Å². The average Bonchev–Trinajstić information content (AvgIpc) is 1.67. The molecule has 8 heavy (non-hydrogen) atoms. The van der Waals surface area contributed by atoms with Crippen molar-refractivity contribution in [2.45, 2.75) is 39.8 Å². The van der Waals surface area contributed by atoms with Gasteiger partial charge in [-0.1, -0.05) is 20.8 Å². The first-order chi connectivity index (χ1) is 3.50. The van der Waals surface area contributed by atoms with E-state index in [1.807, 2.05) is 20.8 Å². The summed E-state index contributed by atoms with van der Waals surface area (Å²) in [6.45, 7) is 7.34. The van der Waals surface area contributed by atoms with E-state index in [2.05, 4.69) is 0 Å². The van der Waals surface area contributed by atoms with Gasteiger partial charge in [0.2, 0.25) is 0 Å². The summed E-state index contributed by atoms with van der Waals surface area (Å²) in [6.07, 6.45) is 0.616. The molecule has 0 amide bonds. The van der Waals surface area contributed by atoms with Crippen LogP contribution in [0, 0.1) is 5.92 Å². The highest BCUT2D eigenvalue weighted by atomic mass is 18.2. The Balaban J connectivity index is 3.71. The van der Waals surface area contributed by atoms with Crippen molar-refractivity contribution in [1.29, 1.82) is 0 Å². The quantitative estimate of drug-likeness (QED) is 0.521. The number of hydrogen-bond donors (Lipinski definition) is 0. The third kappa shape index (κ3) is 1.81. The molecule has 0 fully saturated rings. The van der Waals surface area contributed by atoms with Gasteiger partial charge in [0.05, 0.1) is 0 Å². The largest absolute Gasteiger partial charge is 0.244 e. The first-order valence-corrected chi connectivity index (χ1v) is 3.19. The summed E-state index contributed by atoms with van der Waals surface area (Å²) in [5.41, 5.74) is -0.958. The van der Waals surface area contributed by atoms with Gasteiger partial charge in [-0.2, -0.15) is 0 Å². The molecule has 1 heteroatoms. The number of rotatable bonds is 2. The summed E-state index contributed by atoms with van der Waals surface area (Å²) >= 11 is 0. The average molecular weight is 117 g/mol. The van der Waals surface area contributed by atoms with Crippen molar-refractivity contribution in [1.82, 2.24) is 0 Å². The van der Waals surface area contributed by atoms with Crippen LogP contribution >= 0.6 is 0 Å². The zero-order valence-corrected chi connectivity index (χ0v) is 6.16. The van der Waals surface area contributed by atoms with Crippen LogP contribution in [0.3, 0.4) is 0 Å².